The van der Waals surface area contributed by atoms with E-state index in [0.29, 0.717) is 25.3 Å². The Labute approximate surface area is 168 Å². The molecule has 2 aliphatic heterocycles. The Hall–Kier alpha value is -2.86. The van der Waals surface area contributed by atoms with E-state index >= 15 is 0 Å². The van der Waals surface area contributed by atoms with Crippen LogP contribution in [-0.4, -0.2) is 29.2 Å². The molecule has 29 heavy (non-hydrogen) atoms. The number of aromatic nitrogens is 1. The van der Waals surface area contributed by atoms with Gasteiger partial charge in [-0.2, -0.15) is 0 Å². The lowest BCUT2D eigenvalue weighted by Crippen LogP contribution is -2.30. The van der Waals surface area contributed by atoms with Crippen molar-refractivity contribution in [2.75, 3.05) is 19.8 Å². The van der Waals surface area contributed by atoms with Crippen LogP contribution in [0.3, 0.4) is 0 Å². The molecule has 2 aliphatic rings. The van der Waals surface area contributed by atoms with Crippen molar-refractivity contribution in [2.45, 2.75) is 25.6 Å². The van der Waals surface area contributed by atoms with Gasteiger partial charge in [0.1, 0.15) is 24.8 Å². The maximum absolute atomic E-state index is 14.8. The number of halogens is 2. The van der Waals surface area contributed by atoms with Crippen molar-refractivity contribution in [1.82, 2.24) is 9.47 Å². The van der Waals surface area contributed by atoms with E-state index in [2.05, 4.69) is 9.47 Å². The van der Waals surface area contributed by atoms with Gasteiger partial charge in [-0.1, -0.05) is 12.1 Å². The van der Waals surface area contributed by atoms with Gasteiger partial charge in [0, 0.05) is 43.2 Å². The van der Waals surface area contributed by atoms with Gasteiger partial charge >= 0.3 is 0 Å². The molecule has 3 aromatic rings. The summed E-state index contributed by atoms with van der Waals surface area (Å²) >= 11 is 0. The number of fused-ring (bicyclic) bond motifs is 2. The van der Waals surface area contributed by atoms with E-state index < -0.39 is 11.6 Å². The van der Waals surface area contributed by atoms with E-state index in [9.17, 15) is 8.78 Å². The summed E-state index contributed by atoms with van der Waals surface area (Å²) in [4.78, 5) is 2.25. The van der Waals surface area contributed by atoms with E-state index in [0.717, 1.165) is 48.3 Å². The summed E-state index contributed by atoms with van der Waals surface area (Å²) in [6.45, 7) is 3.40. The van der Waals surface area contributed by atoms with Crippen molar-refractivity contribution in [3.05, 3.63) is 83.2 Å². The van der Waals surface area contributed by atoms with Gasteiger partial charge in [0.15, 0.2) is 11.5 Å². The average molecular weight is 396 g/mol. The van der Waals surface area contributed by atoms with Crippen LogP contribution in [0.2, 0.25) is 0 Å². The summed E-state index contributed by atoms with van der Waals surface area (Å²) in [6.07, 6.45) is 2.98. The smallest absolute Gasteiger partial charge is 0.161 e. The highest BCUT2D eigenvalue weighted by Gasteiger charge is 2.30. The fourth-order valence-corrected chi connectivity index (χ4v) is 4.31. The van der Waals surface area contributed by atoms with Crippen molar-refractivity contribution in [3.8, 4) is 11.5 Å². The first-order valence-electron chi connectivity index (χ1n) is 9.91. The monoisotopic (exact) mass is 396 g/mol. The van der Waals surface area contributed by atoms with Gasteiger partial charge < -0.3 is 14.0 Å². The van der Waals surface area contributed by atoms with E-state index in [4.69, 9.17) is 9.47 Å². The number of aryl methyl sites for hydroxylation is 1. The number of rotatable bonds is 3. The Morgan fingerprint density at radius 1 is 0.931 bits per heavy atom. The largest absolute Gasteiger partial charge is 0.486 e. The molecule has 0 fully saturated rings. The lowest BCUT2D eigenvalue weighted by molar-refractivity contribution is 0.170. The molecule has 0 spiro atoms. The van der Waals surface area contributed by atoms with Gasteiger partial charge in [0.05, 0.1) is 6.04 Å². The molecule has 1 atom stereocenters. The lowest BCUT2D eigenvalue weighted by Gasteiger charge is -2.31. The topological polar surface area (TPSA) is 26.6 Å². The first-order chi connectivity index (χ1) is 14.2. The second kappa shape index (κ2) is 7.52. The van der Waals surface area contributed by atoms with Gasteiger partial charge in [0.2, 0.25) is 0 Å². The standard InChI is InChI=1S/C23H22F2N2O2/c24-17-5-6-18(19(25)14-17)23-20-3-1-8-26(20)9-2-10-27(23)15-16-4-7-21-22(13-16)29-12-11-28-21/h1,3-8,13-14,23H,2,9-12,15H2. The van der Waals surface area contributed by atoms with E-state index in [1.54, 1.807) is 6.07 Å². The van der Waals surface area contributed by atoms with E-state index in [-0.39, 0.29) is 6.04 Å². The third-order valence-corrected chi connectivity index (χ3v) is 5.60. The van der Waals surface area contributed by atoms with Crippen molar-refractivity contribution in [1.29, 1.82) is 0 Å². The Kier molecular flexibility index (Phi) is 4.72. The molecule has 0 saturated heterocycles. The van der Waals surface area contributed by atoms with Crippen LogP contribution in [0.4, 0.5) is 8.78 Å². The Balaban J connectivity index is 1.53. The summed E-state index contributed by atoms with van der Waals surface area (Å²) in [6, 6.07) is 13.5. The predicted octanol–water partition coefficient (Wildman–Crippen LogP) is 4.53. The maximum Gasteiger partial charge on any atom is 0.161 e. The molecule has 0 aliphatic carbocycles. The van der Waals surface area contributed by atoms with Crippen molar-refractivity contribution in [2.24, 2.45) is 0 Å². The molecule has 0 N–H and O–H groups in total. The van der Waals surface area contributed by atoms with Crippen LogP contribution in [0, 0.1) is 11.6 Å². The zero-order chi connectivity index (χ0) is 19.8. The van der Waals surface area contributed by atoms with Crippen LogP contribution >= 0.6 is 0 Å². The van der Waals surface area contributed by atoms with Crippen molar-refractivity contribution < 1.29 is 18.3 Å². The highest BCUT2D eigenvalue weighted by atomic mass is 19.1. The SMILES string of the molecule is Fc1ccc(C2c3cccn3CCCN2Cc2ccc3c(c2)OCCO3)c(F)c1. The van der Waals surface area contributed by atoms with Crippen LogP contribution < -0.4 is 9.47 Å². The fourth-order valence-electron chi connectivity index (χ4n) is 4.31. The Morgan fingerprint density at radius 2 is 1.79 bits per heavy atom. The van der Waals surface area contributed by atoms with Gasteiger partial charge in [0.25, 0.3) is 0 Å². The molecule has 5 rings (SSSR count). The van der Waals surface area contributed by atoms with Gasteiger partial charge in [-0.25, -0.2) is 8.78 Å². The third kappa shape index (κ3) is 3.49. The van der Waals surface area contributed by atoms with Crippen LogP contribution in [-0.2, 0) is 13.1 Å². The van der Waals surface area contributed by atoms with Crippen LogP contribution in [0.1, 0.15) is 29.3 Å². The number of nitrogens with zero attached hydrogens (tertiary/aromatic N) is 2. The normalized spacial score (nSPS) is 18.9. The zero-order valence-corrected chi connectivity index (χ0v) is 16.0. The molecule has 150 valence electrons. The fraction of sp³-hybridized carbons (Fsp3) is 0.304. The summed E-state index contributed by atoms with van der Waals surface area (Å²) < 4.78 is 41.8. The first kappa shape index (κ1) is 18.2. The van der Waals surface area contributed by atoms with Gasteiger partial charge in [-0.05, 0) is 42.3 Å². The minimum absolute atomic E-state index is 0.290. The van der Waals surface area contributed by atoms with Gasteiger partial charge in [-0.15, -0.1) is 0 Å². The van der Waals surface area contributed by atoms with E-state index in [1.165, 1.54) is 6.07 Å². The Bertz CT molecular complexity index is 1030. The Morgan fingerprint density at radius 3 is 2.66 bits per heavy atom. The zero-order valence-electron chi connectivity index (χ0n) is 16.0. The van der Waals surface area contributed by atoms with Crippen LogP contribution in [0.5, 0.6) is 11.5 Å². The lowest BCUT2D eigenvalue weighted by atomic mass is 10.00. The molecule has 1 aromatic heterocycles. The summed E-state index contributed by atoms with van der Waals surface area (Å²) in [5, 5.41) is 0. The predicted molar refractivity (Wildman–Crippen MR) is 105 cm³/mol. The minimum atomic E-state index is -0.561. The van der Waals surface area contributed by atoms with Crippen LogP contribution in [0.25, 0.3) is 0 Å². The molecular formula is C23H22F2N2O2. The molecule has 0 amide bonds. The number of ether oxygens (including phenoxy) is 2. The summed E-state index contributed by atoms with van der Waals surface area (Å²) in [5.41, 5.74) is 2.58. The minimum Gasteiger partial charge on any atom is -0.486 e. The highest BCUT2D eigenvalue weighted by molar-refractivity contribution is 5.44. The van der Waals surface area contributed by atoms with Crippen LogP contribution in [0.15, 0.2) is 54.7 Å². The molecule has 2 aromatic carbocycles. The maximum atomic E-state index is 14.8. The quantitative estimate of drug-likeness (QED) is 0.651. The van der Waals surface area contributed by atoms with Crippen molar-refractivity contribution in [3.63, 3.8) is 0 Å². The summed E-state index contributed by atoms with van der Waals surface area (Å²) in [7, 11) is 0. The molecule has 1 unspecified atom stereocenters. The number of benzene rings is 2. The third-order valence-electron chi connectivity index (χ3n) is 5.60. The second-order valence-electron chi connectivity index (χ2n) is 7.50. The molecule has 0 bridgehead atoms. The molecule has 0 radical (unpaired) electrons. The second-order valence-corrected chi connectivity index (χ2v) is 7.50. The first-order valence-corrected chi connectivity index (χ1v) is 9.91. The number of hydrogen-bond acceptors (Lipinski definition) is 3. The van der Waals surface area contributed by atoms with E-state index in [1.807, 2.05) is 36.5 Å². The number of hydrogen-bond donors (Lipinski definition) is 0. The molecular weight excluding hydrogens is 374 g/mol. The van der Waals surface area contributed by atoms with Crippen molar-refractivity contribution >= 4 is 0 Å². The summed E-state index contributed by atoms with van der Waals surface area (Å²) in [5.74, 6) is 0.424. The highest BCUT2D eigenvalue weighted by Crippen LogP contribution is 2.36. The molecule has 4 nitrogen and oxygen atoms in total. The van der Waals surface area contributed by atoms with Gasteiger partial charge in [-0.3, -0.25) is 4.90 Å². The molecule has 6 heteroatoms. The molecule has 3 heterocycles. The molecule has 0 saturated carbocycles. The average Bonchev–Trinajstić information content (AvgIpc) is 3.11.